The first-order chi connectivity index (χ1) is 8.11. The highest BCUT2D eigenvalue weighted by Gasteiger charge is 2.16. The lowest BCUT2D eigenvalue weighted by atomic mass is 10.0. The van der Waals surface area contributed by atoms with Crippen LogP contribution >= 0.6 is 0 Å². The summed E-state index contributed by atoms with van der Waals surface area (Å²) in [5.41, 5.74) is 8.87. The van der Waals surface area contributed by atoms with Crippen molar-refractivity contribution in [2.75, 3.05) is 5.73 Å². The monoisotopic (exact) mass is 230 g/mol. The van der Waals surface area contributed by atoms with Crippen molar-refractivity contribution in [3.8, 4) is 11.3 Å². The molecule has 0 atom stereocenters. The van der Waals surface area contributed by atoms with Crippen molar-refractivity contribution in [2.24, 2.45) is 0 Å². The zero-order valence-corrected chi connectivity index (χ0v) is 10.5. The van der Waals surface area contributed by atoms with Crippen molar-refractivity contribution >= 4 is 6.01 Å². The summed E-state index contributed by atoms with van der Waals surface area (Å²) in [4.78, 5) is 4.27. The maximum atomic E-state index is 5.63. The van der Waals surface area contributed by atoms with Gasteiger partial charge >= 0.3 is 0 Å². The van der Waals surface area contributed by atoms with Gasteiger partial charge in [0, 0.05) is 11.5 Å². The number of rotatable bonds is 3. The molecule has 0 saturated heterocycles. The van der Waals surface area contributed by atoms with Gasteiger partial charge in [-0.05, 0) is 12.0 Å². The molecule has 0 unspecified atom stereocenters. The summed E-state index contributed by atoms with van der Waals surface area (Å²) < 4.78 is 5.45. The molecule has 1 heterocycles. The van der Waals surface area contributed by atoms with Crippen LogP contribution in [-0.4, -0.2) is 4.98 Å². The number of hydrogen-bond donors (Lipinski definition) is 1. The van der Waals surface area contributed by atoms with Gasteiger partial charge in [-0.1, -0.05) is 45.0 Å². The number of oxazole rings is 1. The van der Waals surface area contributed by atoms with Crippen LogP contribution in [0.5, 0.6) is 0 Å². The molecule has 0 aliphatic rings. The third-order valence-electron chi connectivity index (χ3n) is 2.83. The minimum atomic E-state index is 0.239. The van der Waals surface area contributed by atoms with E-state index in [2.05, 4.69) is 50.0 Å². The van der Waals surface area contributed by atoms with Crippen LogP contribution in [0.3, 0.4) is 0 Å². The summed E-state index contributed by atoms with van der Waals surface area (Å²) in [5, 5.41) is 0. The van der Waals surface area contributed by atoms with E-state index in [4.69, 9.17) is 10.2 Å². The summed E-state index contributed by atoms with van der Waals surface area (Å²) in [6, 6.07) is 8.61. The number of nitrogen functional groups attached to an aromatic ring is 1. The Morgan fingerprint density at radius 1 is 1.24 bits per heavy atom. The first-order valence-corrected chi connectivity index (χ1v) is 5.97. The lowest BCUT2D eigenvalue weighted by Crippen LogP contribution is -1.89. The third kappa shape index (κ3) is 2.33. The molecule has 3 heteroatoms. The molecule has 0 spiro atoms. The molecule has 17 heavy (non-hydrogen) atoms. The molecule has 0 aliphatic carbocycles. The summed E-state index contributed by atoms with van der Waals surface area (Å²) in [7, 11) is 0. The second-order valence-corrected chi connectivity index (χ2v) is 4.47. The second-order valence-electron chi connectivity index (χ2n) is 4.47. The van der Waals surface area contributed by atoms with Crippen molar-refractivity contribution in [3.05, 3.63) is 35.6 Å². The number of hydrogen-bond acceptors (Lipinski definition) is 3. The minimum Gasteiger partial charge on any atom is -0.428 e. The van der Waals surface area contributed by atoms with Crippen molar-refractivity contribution in [1.82, 2.24) is 4.98 Å². The van der Waals surface area contributed by atoms with Gasteiger partial charge in [-0.2, -0.15) is 4.98 Å². The first kappa shape index (κ1) is 11.7. The van der Waals surface area contributed by atoms with Gasteiger partial charge in [-0.3, -0.25) is 0 Å². The lowest BCUT2D eigenvalue weighted by Gasteiger charge is -2.04. The van der Waals surface area contributed by atoms with Crippen LogP contribution in [0.15, 0.2) is 28.7 Å². The van der Waals surface area contributed by atoms with Gasteiger partial charge in [-0.25, -0.2) is 0 Å². The van der Waals surface area contributed by atoms with Crippen LogP contribution < -0.4 is 5.73 Å². The molecule has 2 N–H and O–H groups in total. The SMILES string of the molecule is CCc1ccc(-c2nc(N)oc2C(C)C)cc1. The smallest absolute Gasteiger partial charge is 0.292 e. The van der Waals surface area contributed by atoms with E-state index in [1.54, 1.807) is 0 Å². The number of aryl methyl sites for hydroxylation is 1. The fraction of sp³-hybridized carbons (Fsp3) is 0.357. The predicted octanol–water partition coefficient (Wildman–Crippen LogP) is 3.61. The van der Waals surface area contributed by atoms with Crippen molar-refractivity contribution in [2.45, 2.75) is 33.1 Å². The average Bonchev–Trinajstić information content (AvgIpc) is 2.72. The van der Waals surface area contributed by atoms with Crippen LogP contribution in [0, 0.1) is 0 Å². The molecule has 0 bridgehead atoms. The molecule has 0 amide bonds. The standard InChI is InChI=1S/C14H18N2O/c1-4-10-5-7-11(8-6-10)12-13(9(2)3)17-14(15)16-12/h5-9H,4H2,1-3H3,(H2,15,16). The van der Waals surface area contributed by atoms with Crippen LogP contribution in [0.2, 0.25) is 0 Å². The fourth-order valence-corrected chi connectivity index (χ4v) is 1.85. The largest absolute Gasteiger partial charge is 0.428 e. The molecule has 1 aromatic heterocycles. The Morgan fingerprint density at radius 3 is 2.41 bits per heavy atom. The summed E-state index contributed by atoms with van der Waals surface area (Å²) in [6.07, 6.45) is 1.04. The summed E-state index contributed by atoms with van der Waals surface area (Å²) in [5.74, 6) is 1.13. The molecule has 2 aromatic rings. The van der Waals surface area contributed by atoms with Gasteiger partial charge in [0.2, 0.25) is 0 Å². The average molecular weight is 230 g/mol. The van der Waals surface area contributed by atoms with Gasteiger partial charge in [0.1, 0.15) is 11.5 Å². The second kappa shape index (κ2) is 4.62. The normalized spacial score (nSPS) is 11.1. The van der Waals surface area contributed by atoms with Gasteiger partial charge in [0.25, 0.3) is 6.01 Å². The van der Waals surface area contributed by atoms with Crippen molar-refractivity contribution in [1.29, 1.82) is 0 Å². The van der Waals surface area contributed by atoms with E-state index in [9.17, 15) is 0 Å². The highest BCUT2D eigenvalue weighted by molar-refractivity contribution is 5.63. The van der Waals surface area contributed by atoms with Gasteiger partial charge in [0.15, 0.2) is 0 Å². The maximum Gasteiger partial charge on any atom is 0.292 e. The van der Waals surface area contributed by atoms with Crippen LogP contribution in [-0.2, 0) is 6.42 Å². The molecule has 1 aromatic carbocycles. The molecule has 3 nitrogen and oxygen atoms in total. The highest BCUT2D eigenvalue weighted by Crippen LogP contribution is 2.30. The van der Waals surface area contributed by atoms with Gasteiger partial charge < -0.3 is 10.2 Å². The Balaban J connectivity index is 2.44. The van der Waals surface area contributed by atoms with E-state index >= 15 is 0 Å². The molecular weight excluding hydrogens is 212 g/mol. The first-order valence-electron chi connectivity index (χ1n) is 5.97. The lowest BCUT2D eigenvalue weighted by molar-refractivity contribution is 0.500. The molecule has 0 saturated carbocycles. The van der Waals surface area contributed by atoms with E-state index in [1.807, 2.05) is 0 Å². The zero-order chi connectivity index (χ0) is 12.4. The summed E-state index contributed by atoms with van der Waals surface area (Å²) >= 11 is 0. The molecule has 2 rings (SSSR count). The number of aromatic nitrogens is 1. The Labute approximate surface area is 102 Å². The van der Waals surface area contributed by atoms with E-state index in [0.717, 1.165) is 23.4 Å². The highest BCUT2D eigenvalue weighted by atomic mass is 16.4. The van der Waals surface area contributed by atoms with Gasteiger partial charge in [0.05, 0.1) is 0 Å². The maximum absolute atomic E-state index is 5.63. The zero-order valence-electron chi connectivity index (χ0n) is 10.5. The van der Waals surface area contributed by atoms with Gasteiger partial charge in [-0.15, -0.1) is 0 Å². The number of anilines is 1. The Bertz CT molecular complexity index is 497. The van der Waals surface area contributed by atoms with Crippen molar-refractivity contribution < 1.29 is 4.42 Å². The fourth-order valence-electron chi connectivity index (χ4n) is 1.85. The minimum absolute atomic E-state index is 0.239. The molecule has 90 valence electrons. The molecule has 0 radical (unpaired) electrons. The molecule has 0 aliphatic heterocycles. The Morgan fingerprint density at radius 2 is 1.88 bits per heavy atom. The third-order valence-corrected chi connectivity index (χ3v) is 2.83. The summed E-state index contributed by atoms with van der Waals surface area (Å²) in [6.45, 7) is 6.29. The van der Waals surface area contributed by atoms with E-state index in [1.165, 1.54) is 5.56 Å². The number of benzene rings is 1. The van der Waals surface area contributed by atoms with Crippen LogP contribution in [0.25, 0.3) is 11.3 Å². The van der Waals surface area contributed by atoms with Crippen LogP contribution in [0.1, 0.15) is 38.0 Å². The Hall–Kier alpha value is -1.77. The quantitative estimate of drug-likeness (QED) is 0.876. The van der Waals surface area contributed by atoms with E-state index < -0.39 is 0 Å². The topological polar surface area (TPSA) is 52.0 Å². The number of nitrogens with zero attached hydrogens (tertiary/aromatic N) is 1. The van der Waals surface area contributed by atoms with E-state index in [0.29, 0.717) is 0 Å². The van der Waals surface area contributed by atoms with E-state index in [-0.39, 0.29) is 11.9 Å². The Kier molecular flexibility index (Phi) is 3.18. The van der Waals surface area contributed by atoms with Crippen LogP contribution in [0.4, 0.5) is 6.01 Å². The number of nitrogens with two attached hydrogens (primary N) is 1. The van der Waals surface area contributed by atoms with Crippen molar-refractivity contribution in [3.63, 3.8) is 0 Å². The predicted molar refractivity (Wildman–Crippen MR) is 69.8 cm³/mol. The molecule has 0 fully saturated rings. The molecular formula is C14H18N2O.